The van der Waals surface area contributed by atoms with Crippen LogP contribution in [0.4, 0.5) is 0 Å². The lowest BCUT2D eigenvalue weighted by Gasteiger charge is -2.31. The van der Waals surface area contributed by atoms with Crippen molar-refractivity contribution in [3.63, 3.8) is 0 Å². The summed E-state index contributed by atoms with van der Waals surface area (Å²) in [6.45, 7) is 1.22. The van der Waals surface area contributed by atoms with Crippen LogP contribution in [0.25, 0.3) is 0 Å². The van der Waals surface area contributed by atoms with Crippen molar-refractivity contribution in [1.29, 1.82) is 0 Å². The molecule has 1 aromatic heterocycles. The molecule has 3 nitrogen and oxygen atoms in total. The molecule has 2 heterocycles. The standard InChI is InChI=1S/C12H17NO2S/c13-12(4-6-15-7-5-12)11(14)2-1-10-3-8-16-9-10/h3,8-9H,1-2,4-7,13H2. The van der Waals surface area contributed by atoms with Gasteiger partial charge in [-0.2, -0.15) is 11.3 Å². The Bertz CT molecular complexity index is 342. The molecule has 0 spiro atoms. The van der Waals surface area contributed by atoms with Crippen molar-refractivity contribution in [3.8, 4) is 0 Å². The summed E-state index contributed by atoms with van der Waals surface area (Å²) in [6.07, 6.45) is 2.68. The molecule has 1 aliphatic rings. The molecular weight excluding hydrogens is 222 g/mol. The van der Waals surface area contributed by atoms with E-state index in [1.54, 1.807) is 11.3 Å². The molecule has 0 bridgehead atoms. The zero-order chi connectivity index (χ0) is 11.4. The second kappa shape index (κ2) is 5.08. The van der Waals surface area contributed by atoms with Gasteiger partial charge >= 0.3 is 0 Å². The second-order valence-corrected chi connectivity index (χ2v) is 5.10. The second-order valence-electron chi connectivity index (χ2n) is 4.32. The number of ketones is 1. The van der Waals surface area contributed by atoms with Crippen molar-refractivity contribution in [3.05, 3.63) is 22.4 Å². The van der Waals surface area contributed by atoms with Gasteiger partial charge in [0.25, 0.3) is 0 Å². The Morgan fingerprint density at radius 3 is 2.88 bits per heavy atom. The van der Waals surface area contributed by atoms with Crippen molar-refractivity contribution >= 4 is 17.1 Å². The van der Waals surface area contributed by atoms with E-state index >= 15 is 0 Å². The molecule has 1 aliphatic heterocycles. The highest BCUT2D eigenvalue weighted by Crippen LogP contribution is 2.21. The van der Waals surface area contributed by atoms with Crippen molar-refractivity contribution in [1.82, 2.24) is 0 Å². The van der Waals surface area contributed by atoms with Gasteiger partial charge in [-0.15, -0.1) is 0 Å². The molecule has 0 aliphatic carbocycles. The van der Waals surface area contributed by atoms with Crippen molar-refractivity contribution in [2.75, 3.05) is 13.2 Å². The third-order valence-corrected chi connectivity index (χ3v) is 3.89. The lowest BCUT2D eigenvalue weighted by molar-refractivity contribution is -0.127. The Kier molecular flexibility index (Phi) is 3.74. The van der Waals surface area contributed by atoms with E-state index in [0.717, 1.165) is 6.42 Å². The minimum atomic E-state index is -0.631. The lowest BCUT2D eigenvalue weighted by atomic mass is 9.84. The molecule has 0 aromatic carbocycles. The van der Waals surface area contributed by atoms with E-state index in [4.69, 9.17) is 10.5 Å². The number of nitrogens with two attached hydrogens (primary N) is 1. The Balaban J connectivity index is 1.87. The molecule has 88 valence electrons. The summed E-state index contributed by atoms with van der Waals surface area (Å²) >= 11 is 1.66. The summed E-state index contributed by atoms with van der Waals surface area (Å²) in [7, 11) is 0. The van der Waals surface area contributed by atoms with Gasteiger partial charge in [-0.1, -0.05) is 0 Å². The first-order valence-corrected chi connectivity index (χ1v) is 6.56. The molecule has 4 heteroatoms. The van der Waals surface area contributed by atoms with E-state index in [1.165, 1.54) is 5.56 Å². The van der Waals surface area contributed by atoms with Gasteiger partial charge in [-0.25, -0.2) is 0 Å². The number of rotatable bonds is 4. The van der Waals surface area contributed by atoms with Crippen molar-refractivity contribution in [2.24, 2.45) is 5.73 Å². The van der Waals surface area contributed by atoms with Crippen LogP contribution < -0.4 is 5.73 Å². The van der Waals surface area contributed by atoms with Gasteiger partial charge < -0.3 is 10.5 Å². The first kappa shape index (κ1) is 11.8. The Hall–Kier alpha value is -0.710. The van der Waals surface area contributed by atoms with Crippen LogP contribution in [0.3, 0.4) is 0 Å². The quantitative estimate of drug-likeness (QED) is 0.871. The number of ether oxygens (including phenoxy) is 1. The SMILES string of the molecule is NC1(C(=O)CCc2ccsc2)CCOCC1. The van der Waals surface area contributed by atoms with E-state index < -0.39 is 5.54 Å². The fraction of sp³-hybridized carbons (Fsp3) is 0.583. The van der Waals surface area contributed by atoms with Gasteiger partial charge in [-0.05, 0) is 41.7 Å². The van der Waals surface area contributed by atoms with Crippen LogP contribution in [-0.4, -0.2) is 24.5 Å². The van der Waals surface area contributed by atoms with E-state index in [2.05, 4.69) is 11.4 Å². The summed E-state index contributed by atoms with van der Waals surface area (Å²) in [5.41, 5.74) is 6.71. The maximum absolute atomic E-state index is 12.0. The van der Waals surface area contributed by atoms with Gasteiger partial charge in [-0.3, -0.25) is 4.79 Å². The number of carbonyl (C=O) groups excluding carboxylic acids is 1. The number of thiophene rings is 1. The van der Waals surface area contributed by atoms with E-state index in [0.29, 0.717) is 32.5 Å². The summed E-state index contributed by atoms with van der Waals surface area (Å²) in [4.78, 5) is 12.0. The minimum Gasteiger partial charge on any atom is -0.381 e. The van der Waals surface area contributed by atoms with Crippen LogP contribution in [0, 0.1) is 0 Å². The van der Waals surface area contributed by atoms with Crippen LogP contribution >= 0.6 is 11.3 Å². The normalized spacial score (nSPS) is 19.6. The highest BCUT2D eigenvalue weighted by atomic mass is 32.1. The number of carbonyl (C=O) groups is 1. The maximum atomic E-state index is 12.0. The predicted octanol–water partition coefficient (Wildman–Crippen LogP) is 1.76. The van der Waals surface area contributed by atoms with E-state index in [1.807, 2.05) is 5.38 Å². The Morgan fingerprint density at radius 1 is 1.50 bits per heavy atom. The van der Waals surface area contributed by atoms with Gasteiger partial charge in [0.2, 0.25) is 0 Å². The summed E-state index contributed by atoms with van der Waals surface area (Å²) < 4.78 is 5.23. The first-order chi connectivity index (χ1) is 7.71. The summed E-state index contributed by atoms with van der Waals surface area (Å²) in [6, 6.07) is 2.06. The van der Waals surface area contributed by atoms with Crippen LogP contribution in [0.2, 0.25) is 0 Å². The molecule has 1 fully saturated rings. The molecule has 0 saturated carbocycles. The highest BCUT2D eigenvalue weighted by molar-refractivity contribution is 7.07. The smallest absolute Gasteiger partial charge is 0.153 e. The van der Waals surface area contributed by atoms with Gasteiger partial charge in [0, 0.05) is 19.6 Å². The third kappa shape index (κ3) is 2.70. The van der Waals surface area contributed by atoms with E-state index in [9.17, 15) is 4.79 Å². The molecule has 16 heavy (non-hydrogen) atoms. The molecule has 0 radical (unpaired) electrons. The van der Waals surface area contributed by atoms with Crippen molar-refractivity contribution in [2.45, 2.75) is 31.2 Å². The van der Waals surface area contributed by atoms with Gasteiger partial charge in [0.05, 0.1) is 5.54 Å². The molecule has 2 rings (SSSR count). The molecule has 1 saturated heterocycles. The Labute approximate surface area is 99.6 Å². The zero-order valence-electron chi connectivity index (χ0n) is 9.28. The summed E-state index contributed by atoms with van der Waals surface area (Å²) in [5, 5.41) is 4.12. The van der Waals surface area contributed by atoms with Gasteiger partial charge in [0.1, 0.15) is 0 Å². The van der Waals surface area contributed by atoms with Crippen LogP contribution in [-0.2, 0) is 16.0 Å². The number of hydrogen-bond donors (Lipinski definition) is 1. The Morgan fingerprint density at radius 2 is 2.25 bits per heavy atom. The molecule has 1 aromatic rings. The van der Waals surface area contributed by atoms with Crippen LogP contribution in [0.5, 0.6) is 0 Å². The monoisotopic (exact) mass is 239 g/mol. The number of aryl methyl sites for hydroxylation is 1. The zero-order valence-corrected chi connectivity index (χ0v) is 10.1. The minimum absolute atomic E-state index is 0.182. The van der Waals surface area contributed by atoms with Crippen LogP contribution in [0.15, 0.2) is 16.8 Å². The van der Waals surface area contributed by atoms with Gasteiger partial charge in [0.15, 0.2) is 5.78 Å². The van der Waals surface area contributed by atoms with Crippen molar-refractivity contribution < 1.29 is 9.53 Å². The fourth-order valence-electron chi connectivity index (χ4n) is 1.96. The first-order valence-electron chi connectivity index (χ1n) is 5.62. The largest absolute Gasteiger partial charge is 0.381 e. The number of hydrogen-bond acceptors (Lipinski definition) is 4. The topological polar surface area (TPSA) is 52.3 Å². The molecule has 0 amide bonds. The average molecular weight is 239 g/mol. The highest BCUT2D eigenvalue weighted by Gasteiger charge is 2.34. The van der Waals surface area contributed by atoms with E-state index in [-0.39, 0.29) is 5.78 Å². The van der Waals surface area contributed by atoms with Crippen LogP contribution in [0.1, 0.15) is 24.8 Å². The molecule has 0 atom stereocenters. The molecule has 0 unspecified atom stereocenters. The number of Topliss-reactive ketones (excluding diaryl/α,β-unsaturated/α-hetero) is 1. The molecular formula is C12H17NO2S. The maximum Gasteiger partial charge on any atom is 0.153 e. The fourth-order valence-corrected chi connectivity index (χ4v) is 2.66. The summed E-state index contributed by atoms with van der Waals surface area (Å²) in [5.74, 6) is 0.182. The molecule has 2 N–H and O–H groups in total. The lowest BCUT2D eigenvalue weighted by Crippen LogP contribution is -2.52. The third-order valence-electron chi connectivity index (χ3n) is 3.16. The predicted molar refractivity (Wildman–Crippen MR) is 64.6 cm³/mol. The average Bonchev–Trinajstić information content (AvgIpc) is 2.79.